The van der Waals surface area contributed by atoms with E-state index in [4.69, 9.17) is 0 Å². The van der Waals surface area contributed by atoms with Crippen LogP contribution in [0.25, 0.3) is 0 Å². The van der Waals surface area contributed by atoms with Gasteiger partial charge in [-0.05, 0) is 87.9 Å². The second-order valence-corrected chi connectivity index (χ2v) is 17.6. The van der Waals surface area contributed by atoms with Crippen molar-refractivity contribution in [2.75, 3.05) is 39.8 Å². The van der Waals surface area contributed by atoms with E-state index in [1.165, 1.54) is 0 Å². The summed E-state index contributed by atoms with van der Waals surface area (Å²) < 4.78 is 0. The molecule has 302 valence electrons. The minimum atomic E-state index is -0.802. The monoisotopic (exact) mass is 757 g/mol. The first-order valence-electron chi connectivity index (χ1n) is 20.9. The van der Waals surface area contributed by atoms with Crippen molar-refractivity contribution < 1.29 is 24.0 Å². The number of nitrogens with one attached hydrogen (secondary N) is 2. The Bertz CT molecular complexity index is 1530. The van der Waals surface area contributed by atoms with Gasteiger partial charge in [0.2, 0.25) is 11.8 Å². The van der Waals surface area contributed by atoms with Gasteiger partial charge in [-0.1, -0.05) is 95.3 Å². The molecule has 0 bridgehead atoms. The third-order valence-electron chi connectivity index (χ3n) is 11.5. The molecule has 0 radical (unpaired) electrons. The third-order valence-corrected chi connectivity index (χ3v) is 11.5. The fourth-order valence-electron chi connectivity index (χ4n) is 7.68. The van der Waals surface area contributed by atoms with Crippen LogP contribution in [0.1, 0.15) is 104 Å². The molecule has 4 atom stereocenters. The second kappa shape index (κ2) is 21.6. The SMILES string of the molecule is CC(C)C[C@H](NC(=O)[C@H](CCc1ccccc1)CC(=O)CCCN1CCN(C)CC1)C(=O)C[C@@H](Cc1ccccc1)C(=O)N[C@@H](CC(C)C)C(=O)C1(C)CC1. The van der Waals surface area contributed by atoms with Crippen molar-refractivity contribution in [3.05, 3.63) is 71.8 Å². The lowest BCUT2D eigenvalue weighted by atomic mass is 9.87. The van der Waals surface area contributed by atoms with Crippen LogP contribution < -0.4 is 10.6 Å². The number of likely N-dealkylation sites (N-methyl/N-ethyl adjacent to an activating group) is 1. The van der Waals surface area contributed by atoms with Gasteiger partial charge in [-0.2, -0.15) is 0 Å². The molecule has 2 fully saturated rings. The Kier molecular flexibility index (Phi) is 17.3. The number of carbonyl (C=O) groups is 5. The third kappa shape index (κ3) is 15.1. The highest BCUT2D eigenvalue weighted by molar-refractivity contribution is 5.97. The molecule has 2 N–H and O–H groups in total. The van der Waals surface area contributed by atoms with Crippen LogP contribution in [0.4, 0.5) is 0 Å². The Morgan fingerprint density at radius 2 is 1.25 bits per heavy atom. The predicted molar refractivity (Wildman–Crippen MR) is 219 cm³/mol. The van der Waals surface area contributed by atoms with Gasteiger partial charge in [0.15, 0.2) is 11.6 Å². The lowest BCUT2D eigenvalue weighted by Gasteiger charge is -2.32. The predicted octanol–water partition coefficient (Wildman–Crippen LogP) is 6.47. The molecule has 9 heteroatoms. The van der Waals surface area contributed by atoms with Crippen LogP contribution in [0.3, 0.4) is 0 Å². The molecule has 1 saturated carbocycles. The molecule has 1 aliphatic carbocycles. The first kappa shape index (κ1) is 44.0. The Labute approximate surface area is 330 Å². The Morgan fingerprint density at radius 1 is 0.709 bits per heavy atom. The quantitative estimate of drug-likeness (QED) is 0.126. The highest BCUT2D eigenvalue weighted by Gasteiger charge is 2.48. The zero-order valence-corrected chi connectivity index (χ0v) is 34.5. The number of rotatable bonds is 24. The van der Waals surface area contributed by atoms with E-state index in [1.807, 2.05) is 95.3 Å². The average molecular weight is 757 g/mol. The molecule has 2 amide bonds. The van der Waals surface area contributed by atoms with Gasteiger partial charge >= 0.3 is 0 Å². The standard InChI is InChI=1S/C46H68N4O5/c1-33(2)28-40(42(52)32-38(30-36-16-11-8-12-17-36)45(55)48-41(29-34(3)4)43(53)46(5)21-22-46)47-44(54)37(20-19-35-14-9-7-10-15-35)31-39(51)18-13-23-50-26-24-49(6)25-27-50/h7-12,14-17,33-34,37-38,40-41H,13,18-32H2,1-6H3,(H,47,54)(H,48,55)/t37-,38-,40+,41+/m1/s1. The fraction of sp³-hybridized carbons (Fsp3) is 0.630. The van der Waals surface area contributed by atoms with Crippen molar-refractivity contribution in [3.8, 4) is 0 Å². The number of hydrogen-bond acceptors (Lipinski definition) is 7. The van der Waals surface area contributed by atoms with E-state index in [1.54, 1.807) is 0 Å². The van der Waals surface area contributed by atoms with Gasteiger partial charge in [0.25, 0.3) is 0 Å². The smallest absolute Gasteiger partial charge is 0.224 e. The highest BCUT2D eigenvalue weighted by atomic mass is 16.2. The maximum atomic E-state index is 14.3. The van der Waals surface area contributed by atoms with E-state index >= 15 is 0 Å². The van der Waals surface area contributed by atoms with Crippen molar-refractivity contribution in [2.45, 2.75) is 117 Å². The summed E-state index contributed by atoms with van der Waals surface area (Å²) in [5, 5.41) is 6.17. The van der Waals surface area contributed by atoms with Crippen LogP contribution in [0.2, 0.25) is 0 Å². The van der Waals surface area contributed by atoms with Gasteiger partial charge in [0.1, 0.15) is 5.78 Å². The number of benzene rings is 2. The molecule has 0 spiro atoms. The maximum Gasteiger partial charge on any atom is 0.224 e. The number of piperazine rings is 1. The van der Waals surface area contributed by atoms with E-state index in [-0.39, 0.29) is 53.8 Å². The normalized spacial score (nSPS) is 18.0. The molecule has 0 aromatic heterocycles. The number of Topliss-reactive ketones (excluding diaryl/α,β-unsaturated/α-hetero) is 3. The maximum absolute atomic E-state index is 14.3. The Balaban J connectivity index is 1.47. The fourth-order valence-corrected chi connectivity index (χ4v) is 7.68. The summed E-state index contributed by atoms with van der Waals surface area (Å²) in [4.78, 5) is 74.1. The van der Waals surface area contributed by atoms with Crippen LogP contribution in [0.5, 0.6) is 0 Å². The highest BCUT2D eigenvalue weighted by Crippen LogP contribution is 2.47. The lowest BCUT2D eigenvalue weighted by molar-refractivity contribution is -0.135. The zero-order chi connectivity index (χ0) is 40.0. The molecule has 1 saturated heterocycles. The van der Waals surface area contributed by atoms with Gasteiger partial charge in [0.05, 0.1) is 12.1 Å². The van der Waals surface area contributed by atoms with Crippen molar-refractivity contribution in [3.63, 3.8) is 0 Å². The summed E-state index contributed by atoms with van der Waals surface area (Å²) in [6.45, 7) is 15.0. The lowest BCUT2D eigenvalue weighted by Crippen LogP contribution is -2.49. The van der Waals surface area contributed by atoms with Crippen LogP contribution in [-0.4, -0.2) is 90.8 Å². The largest absolute Gasteiger partial charge is 0.346 e. The number of carbonyl (C=O) groups excluding carboxylic acids is 5. The first-order chi connectivity index (χ1) is 26.2. The van der Waals surface area contributed by atoms with Gasteiger partial charge in [-0.15, -0.1) is 0 Å². The molecule has 1 heterocycles. The van der Waals surface area contributed by atoms with Crippen LogP contribution in [-0.2, 0) is 36.8 Å². The van der Waals surface area contributed by atoms with E-state index in [2.05, 4.69) is 27.5 Å². The van der Waals surface area contributed by atoms with Gasteiger partial charge in [-0.3, -0.25) is 24.0 Å². The minimum Gasteiger partial charge on any atom is -0.346 e. The summed E-state index contributed by atoms with van der Waals surface area (Å²) in [7, 11) is 2.13. The van der Waals surface area contributed by atoms with E-state index in [9.17, 15) is 24.0 Å². The summed E-state index contributed by atoms with van der Waals surface area (Å²) in [5.41, 5.74) is 1.62. The number of ketones is 3. The average Bonchev–Trinajstić information content (AvgIpc) is 3.91. The minimum absolute atomic E-state index is 0.0687. The summed E-state index contributed by atoms with van der Waals surface area (Å²) in [6, 6.07) is 18.2. The van der Waals surface area contributed by atoms with E-state index < -0.39 is 29.3 Å². The van der Waals surface area contributed by atoms with Gasteiger partial charge in [0, 0.05) is 62.7 Å². The molecule has 2 aliphatic rings. The van der Waals surface area contributed by atoms with Crippen molar-refractivity contribution >= 4 is 29.2 Å². The molecule has 4 rings (SSSR count). The molecular weight excluding hydrogens is 689 g/mol. The van der Waals surface area contributed by atoms with Gasteiger partial charge < -0.3 is 20.4 Å². The Morgan fingerprint density at radius 3 is 1.84 bits per heavy atom. The van der Waals surface area contributed by atoms with E-state index in [0.717, 1.165) is 63.1 Å². The van der Waals surface area contributed by atoms with Gasteiger partial charge in [-0.25, -0.2) is 0 Å². The molecule has 1 aliphatic heterocycles. The van der Waals surface area contributed by atoms with Crippen molar-refractivity contribution in [1.82, 2.24) is 20.4 Å². The number of amides is 2. The number of aryl methyl sites for hydroxylation is 1. The second-order valence-electron chi connectivity index (χ2n) is 17.6. The topological polar surface area (TPSA) is 116 Å². The molecule has 0 unspecified atom stereocenters. The van der Waals surface area contributed by atoms with Crippen LogP contribution in [0, 0.1) is 29.1 Å². The molecule has 2 aromatic rings. The molecular formula is C46H68N4O5. The summed E-state index contributed by atoms with van der Waals surface area (Å²) in [6.07, 6.45) is 5.33. The summed E-state index contributed by atoms with van der Waals surface area (Å²) in [5.74, 6) is -1.65. The summed E-state index contributed by atoms with van der Waals surface area (Å²) >= 11 is 0. The molecule has 2 aromatic carbocycles. The number of hydrogen-bond donors (Lipinski definition) is 2. The molecule has 55 heavy (non-hydrogen) atoms. The van der Waals surface area contributed by atoms with E-state index in [0.29, 0.717) is 38.5 Å². The zero-order valence-electron chi connectivity index (χ0n) is 34.5. The van der Waals surface area contributed by atoms with Crippen LogP contribution >= 0.6 is 0 Å². The van der Waals surface area contributed by atoms with Crippen LogP contribution in [0.15, 0.2) is 60.7 Å². The first-order valence-corrected chi connectivity index (χ1v) is 20.9. The van der Waals surface area contributed by atoms with Crippen molar-refractivity contribution in [1.29, 1.82) is 0 Å². The van der Waals surface area contributed by atoms with Crippen molar-refractivity contribution in [2.24, 2.45) is 29.1 Å². The Hall–Kier alpha value is -3.69. The number of nitrogens with zero attached hydrogens (tertiary/aromatic N) is 2. The molecule has 9 nitrogen and oxygen atoms in total.